The van der Waals surface area contributed by atoms with Gasteiger partial charge in [-0.1, -0.05) is 30.3 Å². The Kier molecular flexibility index (Phi) is 6.90. The van der Waals surface area contributed by atoms with E-state index in [4.69, 9.17) is 14.2 Å². The van der Waals surface area contributed by atoms with Gasteiger partial charge in [0.2, 0.25) is 5.91 Å². The van der Waals surface area contributed by atoms with Gasteiger partial charge in [0.05, 0.1) is 39.4 Å². The number of imidazole rings is 1. The van der Waals surface area contributed by atoms with E-state index in [9.17, 15) is 9.59 Å². The van der Waals surface area contributed by atoms with Crippen molar-refractivity contribution < 1.29 is 23.8 Å². The number of hydrogen-bond donors (Lipinski definition) is 1. The van der Waals surface area contributed by atoms with Crippen molar-refractivity contribution in [1.29, 1.82) is 0 Å². The fourth-order valence-electron chi connectivity index (χ4n) is 4.79. The minimum absolute atomic E-state index is 0.0605. The van der Waals surface area contributed by atoms with Crippen LogP contribution in [-0.2, 0) is 22.7 Å². The third-order valence-electron chi connectivity index (χ3n) is 6.88. The Morgan fingerprint density at radius 2 is 1.72 bits per heavy atom. The van der Waals surface area contributed by atoms with Gasteiger partial charge >= 0.3 is 0 Å². The van der Waals surface area contributed by atoms with Crippen LogP contribution in [0.1, 0.15) is 40.7 Å². The zero-order chi connectivity index (χ0) is 25.1. The Hall–Kier alpha value is -3.85. The molecule has 3 heterocycles. The lowest BCUT2D eigenvalue weighted by atomic mass is 9.95. The Balaban J connectivity index is 1.18. The molecule has 1 unspecified atom stereocenters. The molecule has 0 saturated carbocycles. The van der Waals surface area contributed by atoms with Crippen molar-refractivity contribution in [3.8, 4) is 11.5 Å². The van der Waals surface area contributed by atoms with Gasteiger partial charge in [0.15, 0.2) is 5.69 Å². The number of nitrogens with one attached hydrogen (secondary N) is 1. The quantitative estimate of drug-likeness (QED) is 0.567. The number of aromatic nitrogens is 2. The zero-order valence-electron chi connectivity index (χ0n) is 20.5. The number of amides is 2. The monoisotopic (exact) mass is 490 g/mol. The first-order chi connectivity index (χ1) is 17.6. The number of carbonyl (C=O) groups is 2. The van der Waals surface area contributed by atoms with E-state index >= 15 is 0 Å². The minimum Gasteiger partial charge on any atom is -0.497 e. The van der Waals surface area contributed by atoms with Gasteiger partial charge in [-0.05, 0) is 18.4 Å². The molecule has 5 rings (SSSR count). The van der Waals surface area contributed by atoms with E-state index in [0.29, 0.717) is 62.0 Å². The average molecular weight is 491 g/mol. The number of nitrogens with zero attached hydrogens (tertiary/aromatic N) is 3. The van der Waals surface area contributed by atoms with Crippen LogP contribution < -0.4 is 14.8 Å². The van der Waals surface area contributed by atoms with Crippen LogP contribution in [0, 0.1) is 5.92 Å². The number of ether oxygens (including phenoxy) is 3. The van der Waals surface area contributed by atoms with Crippen LogP contribution >= 0.6 is 0 Å². The van der Waals surface area contributed by atoms with Gasteiger partial charge in [-0.2, -0.15) is 0 Å². The molecule has 2 aliphatic heterocycles. The maximum Gasteiger partial charge on any atom is 0.274 e. The third kappa shape index (κ3) is 4.92. The summed E-state index contributed by atoms with van der Waals surface area (Å²) in [5.74, 6) is 0.844. The summed E-state index contributed by atoms with van der Waals surface area (Å²) in [4.78, 5) is 32.4. The predicted molar refractivity (Wildman–Crippen MR) is 133 cm³/mol. The summed E-state index contributed by atoms with van der Waals surface area (Å²) in [6.07, 6.45) is 2.83. The van der Waals surface area contributed by atoms with Gasteiger partial charge in [0, 0.05) is 42.9 Å². The number of benzene rings is 2. The van der Waals surface area contributed by atoms with Crippen LogP contribution in [0.3, 0.4) is 0 Å². The van der Waals surface area contributed by atoms with Crippen molar-refractivity contribution in [1.82, 2.24) is 14.5 Å². The van der Waals surface area contributed by atoms with Crippen molar-refractivity contribution in [2.24, 2.45) is 5.92 Å². The van der Waals surface area contributed by atoms with Gasteiger partial charge in [-0.25, -0.2) is 4.98 Å². The second kappa shape index (κ2) is 10.4. The summed E-state index contributed by atoms with van der Waals surface area (Å²) in [5.41, 5.74) is 2.97. The molecule has 0 spiro atoms. The molecule has 1 atom stereocenters. The average Bonchev–Trinajstić information content (AvgIpc) is 3.36. The van der Waals surface area contributed by atoms with Crippen LogP contribution in [0.15, 0.2) is 54.9 Å². The lowest BCUT2D eigenvalue weighted by Gasteiger charge is -2.31. The smallest absolute Gasteiger partial charge is 0.274 e. The van der Waals surface area contributed by atoms with Gasteiger partial charge in [0.25, 0.3) is 5.91 Å². The lowest BCUT2D eigenvalue weighted by molar-refractivity contribution is -0.121. The number of carbonyl (C=O) groups excluding carboxylic acids is 2. The number of likely N-dealkylation sites (tertiary alicyclic amines) is 1. The molecule has 1 saturated heterocycles. The fraction of sp³-hybridized carbons (Fsp3) is 0.370. The Bertz CT molecular complexity index is 1210. The predicted octanol–water partition coefficient (Wildman–Crippen LogP) is 3.66. The Morgan fingerprint density at radius 1 is 1.03 bits per heavy atom. The standard InChI is InChI=1S/C27H30N4O5/c1-34-21-12-20(13-22(14-21)35-2)29-26(32)19-8-10-30(11-9-19)27(33)25-23-16-36-24(15-31(23)17-28-25)18-6-4-3-5-7-18/h3-7,12-14,17,19,24H,8-11,15-16H2,1-2H3,(H,29,32). The molecule has 1 fully saturated rings. The van der Waals surface area contributed by atoms with Gasteiger partial charge < -0.3 is 29.0 Å². The zero-order valence-corrected chi connectivity index (χ0v) is 20.5. The topological polar surface area (TPSA) is 94.9 Å². The molecule has 2 amide bonds. The van der Waals surface area contributed by atoms with E-state index in [1.54, 1.807) is 43.6 Å². The summed E-state index contributed by atoms with van der Waals surface area (Å²) in [7, 11) is 3.14. The molecular formula is C27H30N4O5. The van der Waals surface area contributed by atoms with Gasteiger partial charge in [-0.3, -0.25) is 9.59 Å². The molecule has 9 nitrogen and oxygen atoms in total. The molecular weight excluding hydrogens is 460 g/mol. The van der Waals surface area contributed by atoms with Crippen LogP contribution in [-0.4, -0.2) is 53.6 Å². The molecule has 188 valence electrons. The van der Waals surface area contributed by atoms with Crippen LogP contribution in [0.2, 0.25) is 0 Å². The van der Waals surface area contributed by atoms with Crippen molar-refractivity contribution in [2.75, 3.05) is 32.6 Å². The molecule has 9 heteroatoms. The van der Waals surface area contributed by atoms with E-state index in [0.717, 1.165) is 11.3 Å². The normalized spacial score (nSPS) is 17.8. The maximum absolute atomic E-state index is 13.3. The summed E-state index contributed by atoms with van der Waals surface area (Å²) in [5, 5.41) is 2.96. The van der Waals surface area contributed by atoms with Crippen molar-refractivity contribution in [3.63, 3.8) is 0 Å². The maximum atomic E-state index is 13.3. The molecule has 0 aliphatic carbocycles. The molecule has 3 aromatic rings. The van der Waals surface area contributed by atoms with Crippen LogP contribution in [0.4, 0.5) is 5.69 Å². The molecule has 1 N–H and O–H groups in total. The summed E-state index contributed by atoms with van der Waals surface area (Å²) in [6.45, 7) is 1.96. The van der Waals surface area contributed by atoms with Crippen molar-refractivity contribution in [3.05, 3.63) is 71.8 Å². The number of anilines is 1. The summed E-state index contributed by atoms with van der Waals surface area (Å²) in [6, 6.07) is 15.3. The third-order valence-corrected chi connectivity index (χ3v) is 6.88. The minimum atomic E-state index is -0.183. The first-order valence-corrected chi connectivity index (χ1v) is 12.1. The van der Waals surface area contributed by atoms with Crippen LogP contribution in [0.25, 0.3) is 0 Å². The van der Waals surface area contributed by atoms with E-state index in [1.807, 2.05) is 34.9 Å². The lowest BCUT2D eigenvalue weighted by Crippen LogP contribution is -2.42. The molecule has 36 heavy (non-hydrogen) atoms. The number of fused-ring (bicyclic) bond motifs is 1. The van der Waals surface area contributed by atoms with E-state index in [-0.39, 0.29) is 23.8 Å². The highest BCUT2D eigenvalue weighted by Gasteiger charge is 2.32. The number of hydrogen-bond acceptors (Lipinski definition) is 6. The van der Waals surface area contributed by atoms with Gasteiger partial charge in [0.1, 0.15) is 17.6 Å². The van der Waals surface area contributed by atoms with Crippen molar-refractivity contribution >= 4 is 17.5 Å². The molecule has 2 aromatic carbocycles. The van der Waals surface area contributed by atoms with E-state index in [1.165, 1.54) is 0 Å². The highest BCUT2D eigenvalue weighted by Crippen LogP contribution is 2.30. The van der Waals surface area contributed by atoms with Gasteiger partial charge in [-0.15, -0.1) is 0 Å². The van der Waals surface area contributed by atoms with Crippen molar-refractivity contribution in [2.45, 2.75) is 32.1 Å². The molecule has 0 bridgehead atoms. The SMILES string of the molecule is COc1cc(NC(=O)C2CCN(C(=O)c3ncn4c3COC(c3ccccc3)C4)CC2)cc(OC)c1. The largest absolute Gasteiger partial charge is 0.497 e. The van der Waals surface area contributed by atoms with Crippen LogP contribution in [0.5, 0.6) is 11.5 Å². The molecule has 0 radical (unpaired) electrons. The Morgan fingerprint density at radius 3 is 2.39 bits per heavy atom. The summed E-state index contributed by atoms with van der Waals surface area (Å²) < 4.78 is 18.6. The van der Waals surface area contributed by atoms with E-state index < -0.39 is 0 Å². The second-order valence-electron chi connectivity index (χ2n) is 9.06. The highest BCUT2D eigenvalue weighted by molar-refractivity contribution is 5.95. The first kappa shape index (κ1) is 23.9. The Labute approximate surface area is 210 Å². The highest BCUT2D eigenvalue weighted by atomic mass is 16.5. The number of methoxy groups -OCH3 is 2. The van der Waals surface area contributed by atoms with E-state index in [2.05, 4.69) is 10.3 Å². The second-order valence-corrected chi connectivity index (χ2v) is 9.06. The molecule has 1 aromatic heterocycles. The first-order valence-electron chi connectivity index (χ1n) is 12.1. The molecule has 2 aliphatic rings. The number of rotatable bonds is 6. The fourth-order valence-corrected chi connectivity index (χ4v) is 4.79. The number of piperidine rings is 1. The summed E-state index contributed by atoms with van der Waals surface area (Å²) >= 11 is 0.